The molecule has 0 aromatic heterocycles. The van der Waals surface area contributed by atoms with Gasteiger partial charge in [-0.2, -0.15) is 0 Å². The van der Waals surface area contributed by atoms with Crippen molar-refractivity contribution in [3.63, 3.8) is 0 Å². The minimum atomic E-state index is 0.223. The molecule has 0 aliphatic rings. The lowest BCUT2D eigenvalue weighted by Gasteiger charge is -2.30. The van der Waals surface area contributed by atoms with E-state index in [1.54, 1.807) is 0 Å². The average Bonchev–Trinajstić information content (AvgIpc) is 2.49. The lowest BCUT2D eigenvalue weighted by molar-refractivity contribution is -0.121. The van der Waals surface area contributed by atoms with Crippen LogP contribution in [0.4, 0.5) is 0 Å². The number of nitrogens with zero attached hydrogens (tertiary/aromatic N) is 1. The number of hydrogen-bond donors (Lipinski definition) is 1. The standard InChI is InChI=1S/C20H42N2O/c1-6-7-8-9-10-11-12-13-14-15-20(23)21-16-17-22(18(2)3)19(4)5/h18-19H,6-17H2,1-5H3,(H,21,23). The van der Waals surface area contributed by atoms with Crippen LogP contribution in [0, 0.1) is 0 Å². The second kappa shape index (κ2) is 15.0. The quantitative estimate of drug-likeness (QED) is 0.422. The van der Waals surface area contributed by atoms with Crippen molar-refractivity contribution in [2.24, 2.45) is 0 Å². The van der Waals surface area contributed by atoms with Crippen LogP contribution in [0.15, 0.2) is 0 Å². The lowest BCUT2D eigenvalue weighted by Crippen LogP contribution is -2.42. The molecule has 0 saturated carbocycles. The molecule has 0 aromatic rings. The van der Waals surface area contributed by atoms with Gasteiger partial charge in [0.1, 0.15) is 0 Å². The number of carbonyl (C=O) groups excluding carboxylic acids is 1. The van der Waals surface area contributed by atoms with Crippen LogP contribution in [0.5, 0.6) is 0 Å². The zero-order valence-electron chi connectivity index (χ0n) is 16.5. The van der Waals surface area contributed by atoms with Gasteiger partial charge >= 0.3 is 0 Å². The lowest BCUT2D eigenvalue weighted by atomic mass is 10.1. The van der Waals surface area contributed by atoms with Crippen LogP contribution in [0.1, 0.15) is 98.8 Å². The Morgan fingerprint density at radius 1 is 0.826 bits per heavy atom. The van der Waals surface area contributed by atoms with E-state index >= 15 is 0 Å². The predicted octanol–water partition coefficient (Wildman–Crippen LogP) is 5.14. The molecule has 0 heterocycles. The van der Waals surface area contributed by atoms with Gasteiger partial charge in [0.15, 0.2) is 0 Å². The monoisotopic (exact) mass is 326 g/mol. The SMILES string of the molecule is CCCCCCCCCCCC(=O)NCCN(C(C)C)C(C)C. The fourth-order valence-corrected chi connectivity index (χ4v) is 3.12. The summed E-state index contributed by atoms with van der Waals surface area (Å²) in [5.41, 5.74) is 0. The zero-order chi connectivity index (χ0) is 17.5. The van der Waals surface area contributed by atoms with Gasteiger partial charge in [-0.15, -0.1) is 0 Å². The predicted molar refractivity (Wildman–Crippen MR) is 102 cm³/mol. The molecule has 0 atom stereocenters. The van der Waals surface area contributed by atoms with Crippen molar-refractivity contribution in [3.05, 3.63) is 0 Å². The van der Waals surface area contributed by atoms with E-state index in [0.717, 1.165) is 19.5 Å². The summed E-state index contributed by atoms with van der Waals surface area (Å²) < 4.78 is 0. The number of unbranched alkanes of at least 4 members (excludes halogenated alkanes) is 8. The van der Waals surface area contributed by atoms with Gasteiger partial charge in [0.2, 0.25) is 5.91 Å². The summed E-state index contributed by atoms with van der Waals surface area (Å²) in [6.07, 6.45) is 12.4. The van der Waals surface area contributed by atoms with Gasteiger partial charge in [-0.05, 0) is 34.1 Å². The Kier molecular flexibility index (Phi) is 14.6. The fraction of sp³-hybridized carbons (Fsp3) is 0.950. The first-order chi connectivity index (χ1) is 11.0. The zero-order valence-corrected chi connectivity index (χ0v) is 16.5. The van der Waals surface area contributed by atoms with E-state index in [1.807, 2.05) is 0 Å². The van der Waals surface area contributed by atoms with E-state index in [9.17, 15) is 4.79 Å². The first kappa shape index (κ1) is 22.4. The highest BCUT2D eigenvalue weighted by Gasteiger charge is 2.12. The van der Waals surface area contributed by atoms with Crippen molar-refractivity contribution in [1.82, 2.24) is 10.2 Å². The highest BCUT2D eigenvalue weighted by molar-refractivity contribution is 5.75. The number of carbonyl (C=O) groups is 1. The highest BCUT2D eigenvalue weighted by atomic mass is 16.1. The van der Waals surface area contributed by atoms with Crippen LogP contribution in [0.2, 0.25) is 0 Å². The van der Waals surface area contributed by atoms with Crippen LogP contribution >= 0.6 is 0 Å². The molecule has 0 aliphatic carbocycles. The number of rotatable bonds is 15. The molecule has 1 N–H and O–H groups in total. The summed E-state index contributed by atoms with van der Waals surface area (Å²) in [7, 11) is 0. The van der Waals surface area contributed by atoms with Crippen molar-refractivity contribution in [2.45, 2.75) is 111 Å². The van der Waals surface area contributed by atoms with Crippen molar-refractivity contribution in [2.75, 3.05) is 13.1 Å². The second-order valence-electron chi connectivity index (χ2n) is 7.35. The Morgan fingerprint density at radius 2 is 1.30 bits per heavy atom. The van der Waals surface area contributed by atoms with Crippen LogP contribution in [-0.4, -0.2) is 36.0 Å². The van der Waals surface area contributed by atoms with Gasteiger partial charge in [-0.3, -0.25) is 9.69 Å². The summed E-state index contributed by atoms with van der Waals surface area (Å²) in [4.78, 5) is 14.3. The molecule has 1 amide bonds. The fourth-order valence-electron chi connectivity index (χ4n) is 3.12. The molecule has 0 fully saturated rings. The number of hydrogen-bond acceptors (Lipinski definition) is 2. The molecule has 0 aromatic carbocycles. The number of nitrogens with one attached hydrogen (secondary N) is 1. The highest BCUT2D eigenvalue weighted by Crippen LogP contribution is 2.10. The van der Waals surface area contributed by atoms with Crippen molar-refractivity contribution < 1.29 is 4.79 Å². The van der Waals surface area contributed by atoms with E-state index in [-0.39, 0.29) is 5.91 Å². The Hall–Kier alpha value is -0.570. The Labute approximate surface area is 145 Å². The van der Waals surface area contributed by atoms with E-state index in [4.69, 9.17) is 0 Å². The minimum absolute atomic E-state index is 0.223. The maximum Gasteiger partial charge on any atom is 0.220 e. The smallest absolute Gasteiger partial charge is 0.220 e. The van der Waals surface area contributed by atoms with Crippen molar-refractivity contribution in [3.8, 4) is 0 Å². The molecule has 138 valence electrons. The van der Waals surface area contributed by atoms with Crippen LogP contribution < -0.4 is 5.32 Å². The molecule has 0 radical (unpaired) electrons. The minimum Gasteiger partial charge on any atom is -0.355 e. The molecule has 3 heteroatoms. The van der Waals surface area contributed by atoms with Crippen LogP contribution in [0.3, 0.4) is 0 Å². The third-order valence-corrected chi connectivity index (χ3v) is 4.53. The average molecular weight is 327 g/mol. The Balaban J connectivity index is 3.47. The summed E-state index contributed by atoms with van der Waals surface area (Å²) in [6, 6.07) is 1.06. The molecule has 0 unspecified atom stereocenters. The van der Waals surface area contributed by atoms with E-state index in [0.29, 0.717) is 18.5 Å². The summed E-state index contributed by atoms with van der Waals surface area (Å²) in [5, 5.41) is 3.07. The maximum absolute atomic E-state index is 11.8. The van der Waals surface area contributed by atoms with E-state index < -0.39 is 0 Å². The molecule has 0 bridgehead atoms. The van der Waals surface area contributed by atoms with Gasteiger partial charge in [0.05, 0.1) is 0 Å². The molecule has 0 rings (SSSR count). The molecule has 0 aliphatic heterocycles. The van der Waals surface area contributed by atoms with Crippen molar-refractivity contribution in [1.29, 1.82) is 0 Å². The first-order valence-corrected chi connectivity index (χ1v) is 10.0. The molecule has 3 nitrogen and oxygen atoms in total. The number of amides is 1. The molecule has 23 heavy (non-hydrogen) atoms. The summed E-state index contributed by atoms with van der Waals surface area (Å²) in [5.74, 6) is 0.223. The van der Waals surface area contributed by atoms with E-state index in [1.165, 1.54) is 51.4 Å². The molecule has 0 spiro atoms. The van der Waals surface area contributed by atoms with Gasteiger partial charge in [-0.25, -0.2) is 0 Å². The largest absolute Gasteiger partial charge is 0.355 e. The summed E-state index contributed by atoms with van der Waals surface area (Å²) >= 11 is 0. The third-order valence-electron chi connectivity index (χ3n) is 4.53. The van der Waals surface area contributed by atoms with Gasteiger partial charge in [0.25, 0.3) is 0 Å². The maximum atomic E-state index is 11.8. The molecule has 0 saturated heterocycles. The van der Waals surface area contributed by atoms with Crippen LogP contribution in [-0.2, 0) is 4.79 Å². The Bertz CT molecular complexity index is 269. The van der Waals surface area contributed by atoms with Crippen LogP contribution in [0.25, 0.3) is 0 Å². The van der Waals surface area contributed by atoms with Gasteiger partial charge in [0, 0.05) is 31.6 Å². The van der Waals surface area contributed by atoms with Gasteiger partial charge < -0.3 is 5.32 Å². The first-order valence-electron chi connectivity index (χ1n) is 10.0. The summed E-state index contributed by atoms with van der Waals surface area (Å²) in [6.45, 7) is 12.8. The van der Waals surface area contributed by atoms with E-state index in [2.05, 4.69) is 44.8 Å². The van der Waals surface area contributed by atoms with Crippen molar-refractivity contribution >= 4 is 5.91 Å². The molecular weight excluding hydrogens is 284 g/mol. The normalized spacial score (nSPS) is 11.7. The topological polar surface area (TPSA) is 32.3 Å². The van der Waals surface area contributed by atoms with Gasteiger partial charge in [-0.1, -0.05) is 58.3 Å². The Morgan fingerprint density at radius 3 is 1.78 bits per heavy atom. The third kappa shape index (κ3) is 13.6. The molecular formula is C20H42N2O. The second-order valence-corrected chi connectivity index (χ2v) is 7.35.